The van der Waals surface area contributed by atoms with Crippen molar-refractivity contribution in [1.29, 1.82) is 0 Å². The molecule has 0 aliphatic heterocycles. The molecule has 1 rings (SSSR count). The van der Waals surface area contributed by atoms with Crippen molar-refractivity contribution in [2.45, 2.75) is 116 Å². The van der Waals surface area contributed by atoms with Gasteiger partial charge in [-0.25, -0.2) is 0 Å². The van der Waals surface area contributed by atoms with Gasteiger partial charge in [-0.15, -0.1) is 0 Å². The molecule has 0 aliphatic rings. The number of rotatable bonds is 14. The topological polar surface area (TPSA) is 122 Å². The molecule has 0 radical (unpaired) electrons. The highest BCUT2D eigenvalue weighted by Gasteiger charge is 2.32. The maximum absolute atomic E-state index is 13.0. The van der Waals surface area contributed by atoms with Crippen LogP contribution in [0.15, 0.2) is 29.2 Å². The summed E-state index contributed by atoms with van der Waals surface area (Å²) < 4.78 is 45.4. The Balaban J connectivity index is 3.02. The zero-order valence-electron chi connectivity index (χ0n) is 24.8. The maximum atomic E-state index is 13.0. The molecule has 218 valence electrons. The highest BCUT2D eigenvalue weighted by molar-refractivity contribution is 7.86. The van der Waals surface area contributed by atoms with Crippen LogP contribution in [-0.4, -0.2) is 66.7 Å². The normalized spacial score (nSPS) is 14.8. The second-order valence-corrected chi connectivity index (χ2v) is 13.8. The minimum atomic E-state index is -4.51. The van der Waals surface area contributed by atoms with E-state index in [1.807, 2.05) is 74.3 Å². The molecular formula is C28H48N2O7S. The minimum Gasteiger partial charge on any atom is -0.372 e. The Morgan fingerprint density at radius 2 is 1.61 bits per heavy atom. The summed E-state index contributed by atoms with van der Waals surface area (Å²) in [5.41, 5.74) is -1.51. The van der Waals surface area contributed by atoms with E-state index in [1.165, 1.54) is 18.2 Å². The molecule has 0 bridgehead atoms. The predicted molar refractivity (Wildman–Crippen MR) is 150 cm³/mol. The number of nitrogens with zero attached hydrogens (tertiary/aromatic N) is 1. The number of amides is 1. The summed E-state index contributed by atoms with van der Waals surface area (Å²) in [4.78, 5) is 27.1. The average molecular weight is 557 g/mol. The van der Waals surface area contributed by atoms with Crippen molar-refractivity contribution in [3.05, 3.63) is 24.3 Å². The predicted octanol–water partition coefficient (Wildman–Crippen LogP) is 5.30. The van der Waals surface area contributed by atoms with Crippen LogP contribution >= 0.6 is 0 Å². The third kappa shape index (κ3) is 12.3. The van der Waals surface area contributed by atoms with Gasteiger partial charge in [0.1, 0.15) is 16.4 Å². The number of para-hydroxylation sites is 1. The van der Waals surface area contributed by atoms with Crippen molar-refractivity contribution in [3.63, 3.8) is 0 Å². The number of carbonyl (C=O) groups excluding carboxylic acids is 2. The van der Waals surface area contributed by atoms with E-state index in [0.29, 0.717) is 25.8 Å². The lowest BCUT2D eigenvalue weighted by Crippen LogP contribution is -2.49. The van der Waals surface area contributed by atoms with Gasteiger partial charge in [0.25, 0.3) is 10.1 Å². The van der Waals surface area contributed by atoms with Gasteiger partial charge in [-0.3, -0.25) is 19.0 Å². The highest BCUT2D eigenvalue weighted by Crippen LogP contribution is 2.26. The standard InChI is InChI=1S/C28H48N2O7S/c1-20(36-27(5,6)7)19-30(10)28(8,9)37-21(14-13-17-24(31)26(2,3)4)18-25(32)29-22-15-11-12-16-23(22)38(33,34)35/h11-12,15-16,20-21H,13-14,17-19H2,1-10H3,(H,29,32)(H,33,34,35). The van der Waals surface area contributed by atoms with Crippen LogP contribution in [0.25, 0.3) is 0 Å². The number of likely N-dealkylation sites (N-methyl/N-ethyl adjacent to an activating group) is 1. The lowest BCUT2D eigenvalue weighted by molar-refractivity contribution is -0.175. The van der Waals surface area contributed by atoms with E-state index < -0.39 is 33.3 Å². The second kappa shape index (κ2) is 13.5. The number of carbonyl (C=O) groups is 2. The molecule has 1 aromatic rings. The quantitative estimate of drug-likeness (QED) is 0.234. The van der Waals surface area contributed by atoms with Crippen LogP contribution in [0.1, 0.15) is 88.0 Å². The van der Waals surface area contributed by atoms with Crippen LogP contribution < -0.4 is 5.32 Å². The van der Waals surface area contributed by atoms with Gasteiger partial charge in [0.15, 0.2) is 0 Å². The Bertz CT molecular complexity index is 1040. The highest BCUT2D eigenvalue weighted by atomic mass is 32.2. The summed E-state index contributed by atoms with van der Waals surface area (Å²) in [5.74, 6) is -0.330. The molecule has 38 heavy (non-hydrogen) atoms. The SMILES string of the molecule is CC(CN(C)C(C)(C)OC(CCCC(=O)C(C)(C)C)CC(=O)Nc1ccccc1S(=O)(=O)O)OC(C)(C)C. The second-order valence-electron chi connectivity index (χ2n) is 12.4. The van der Waals surface area contributed by atoms with Gasteiger partial charge in [-0.1, -0.05) is 32.9 Å². The van der Waals surface area contributed by atoms with Crippen LogP contribution in [0.5, 0.6) is 0 Å². The van der Waals surface area contributed by atoms with E-state index in [9.17, 15) is 22.6 Å². The van der Waals surface area contributed by atoms with Gasteiger partial charge in [-0.05, 0) is 73.6 Å². The molecule has 1 aromatic carbocycles. The zero-order chi connectivity index (χ0) is 29.5. The summed E-state index contributed by atoms with van der Waals surface area (Å²) in [7, 11) is -2.59. The molecule has 2 atom stereocenters. The molecule has 0 fully saturated rings. The summed E-state index contributed by atoms with van der Waals surface area (Å²) in [6, 6.07) is 5.65. The Kier molecular flexibility index (Phi) is 12.1. The Morgan fingerprint density at radius 3 is 2.13 bits per heavy atom. The van der Waals surface area contributed by atoms with Crippen molar-refractivity contribution >= 4 is 27.5 Å². The first-order valence-corrected chi connectivity index (χ1v) is 14.5. The summed E-state index contributed by atoms with van der Waals surface area (Å²) in [6.45, 7) is 18.0. The lowest BCUT2D eigenvalue weighted by Gasteiger charge is -2.40. The van der Waals surface area contributed by atoms with Gasteiger partial charge >= 0.3 is 0 Å². The first-order valence-electron chi connectivity index (χ1n) is 13.1. The Hall–Kier alpha value is -1.85. The van der Waals surface area contributed by atoms with Crippen molar-refractivity contribution in [3.8, 4) is 0 Å². The number of hydrogen-bond acceptors (Lipinski definition) is 7. The van der Waals surface area contributed by atoms with E-state index in [2.05, 4.69) is 5.32 Å². The molecule has 2 unspecified atom stereocenters. The first kappa shape index (κ1) is 34.2. The average Bonchev–Trinajstić information content (AvgIpc) is 2.70. The molecule has 0 heterocycles. The van der Waals surface area contributed by atoms with Crippen LogP contribution in [0.2, 0.25) is 0 Å². The fourth-order valence-electron chi connectivity index (χ4n) is 4.01. The number of anilines is 1. The molecule has 0 aliphatic carbocycles. The molecule has 0 spiro atoms. The van der Waals surface area contributed by atoms with Gasteiger partial charge in [0.2, 0.25) is 5.91 Å². The van der Waals surface area contributed by atoms with Crippen molar-refractivity contribution < 1.29 is 32.0 Å². The fraction of sp³-hybridized carbons (Fsp3) is 0.714. The van der Waals surface area contributed by atoms with Crippen molar-refractivity contribution in [1.82, 2.24) is 4.90 Å². The first-order chi connectivity index (χ1) is 17.1. The molecule has 0 saturated carbocycles. The summed E-state index contributed by atoms with van der Waals surface area (Å²) in [5, 5.41) is 2.59. The largest absolute Gasteiger partial charge is 0.372 e. The number of nitrogens with one attached hydrogen (secondary N) is 1. The molecular weight excluding hydrogens is 508 g/mol. The Morgan fingerprint density at radius 1 is 1.03 bits per heavy atom. The van der Waals surface area contributed by atoms with E-state index in [1.54, 1.807) is 6.07 Å². The monoisotopic (exact) mass is 556 g/mol. The number of hydrogen-bond donors (Lipinski definition) is 2. The number of ketones is 1. The number of ether oxygens (including phenoxy) is 2. The van der Waals surface area contributed by atoms with Gasteiger partial charge < -0.3 is 14.8 Å². The third-order valence-corrected chi connectivity index (χ3v) is 6.99. The number of Topliss-reactive ketones (excluding diaryl/α,β-unsaturated/α-hetero) is 1. The molecule has 0 saturated heterocycles. The van der Waals surface area contributed by atoms with Crippen molar-refractivity contribution in [2.75, 3.05) is 18.9 Å². The maximum Gasteiger partial charge on any atom is 0.296 e. The Labute approximate surface area is 229 Å². The molecule has 10 heteroatoms. The molecule has 1 amide bonds. The molecule has 2 N–H and O–H groups in total. The van der Waals surface area contributed by atoms with E-state index in [-0.39, 0.29) is 34.5 Å². The van der Waals surface area contributed by atoms with Gasteiger partial charge in [0, 0.05) is 18.4 Å². The van der Waals surface area contributed by atoms with E-state index in [0.717, 1.165) is 0 Å². The zero-order valence-corrected chi connectivity index (χ0v) is 25.6. The van der Waals surface area contributed by atoms with Gasteiger partial charge in [-0.2, -0.15) is 8.42 Å². The van der Waals surface area contributed by atoms with Crippen LogP contribution in [0.4, 0.5) is 5.69 Å². The fourth-order valence-corrected chi connectivity index (χ4v) is 4.66. The number of benzene rings is 1. The minimum absolute atomic E-state index is 0.00816. The van der Waals surface area contributed by atoms with E-state index >= 15 is 0 Å². The molecule has 0 aromatic heterocycles. The lowest BCUT2D eigenvalue weighted by atomic mass is 9.87. The van der Waals surface area contributed by atoms with Crippen LogP contribution in [-0.2, 0) is 29.2 Å². The van der Waals surface area contributed by atoms with Crippen LogP contribution in [0.3, 0.4) is 0 Å². The summed E-state index contributed by atoms with van der Waals surface area (Å²) in [6.07, 6.45) is 0.695. The third-order valence-electron chi connectivity index (χ3n) is 6.08. The smallest absolute Gasteiger partial charge is 0.296 e. The van der Waals surface area contributed by atoms with Gasteiger partial charge in [0.05, 0.1) is 29.9 Å². The van der Waals surface area contributed by atoms with Crippen LogP contribution in [0, 0.1) is 5.41 Å². The van der Waals surface area contributed by atoms with E-state index in [4.69, 9.17) is 9.47 Å². The summed E-state index contributed by atoms with van der Waals surface area (Å²) >= 11 is 0. The van der Waals surface area contributed by atoms with Crippen molar-refractivity contribution in [2.24, 2.45) is 5.41 Å². The molecule has 9 nitrogen and oxygen atoms in total.